The molecule has 3 rings (SSSR count). The summed E-state index contributed by atoms with van der Waals surface area (Å²) in [5.41, 5.74) is 1.60. The summed E-state index contributed by atoms with van der Waals surface area (Å²) in [4.78, 5) is 25.8. The van der Waals surface area contributed by atoms with Crippen molar-refractivity contribution in [2.24, 2.45) is 0 Å². The predicted octanol–water partition coefficient (Wildman–Crippen LogP) is 2.95. The molecule has 2 aromatic rings. The Morgan fingerprint density at radius 3 is 2.50 bits per heavy atom. The summed E-state index contributed by atoms with van der Waals surface area (Å²) in [5.74, 6) is 1.77. The number of aryl methyl sites for hydroxylation is 1. The summed E-state index contributed by atoms with van der Waals surface area (Å²) in [6.45, 7) is 8.82. The molecule has 0 N–H and O–H groups in total. The number of carbonyl (C=O) groups is 1. The van der Waals surface area contributed by atoms with Gasteiger partial charge in [-0.1, -0.05) is 19.9 Å². The number of nitrogens with zero attached hydrogens (tertiary/aromatic N) is 4. The van der Waals surface area contributed by atoms with Gasteiger partial charge in [0.05, 0.1) is 13.5 Å². The van der Waals surface area contributed by atoms with Crippen LogP contribution in [-0.4, -0.2) is 54.1 Å². The summed E-state index contributed by atoms with van der Waals surface area (Å²) in [7, 11) is 1.42. The highest BCUT2D eigenvalue weighted by Gasteiger charge is 2.23. The molecule has 2 heterocycles. The van der Waals surface area contributed by atoms with E-state index in [4.69, 9.17) is 4.74 Å². The molecule has 0 atom stereocenters. The van der Waals surface area contributed by atoms with E-state index < -0.39 is 5.82 Å². The van der Waals surface area contributed by atoms with E-state index in [1.165, 1.54) is 13.2 Å². The molecule has 0 aliphatic carbocycles. The van der Waals surface area contributed by atoms with E-state index >= 15 is 0 Å². The normalized spacial score (nSPS) is 14.5. The fraction of sp³-hybridized carbons (Fsp3) is 0.476. The number of rotatable bonds is 5. The second kappa shape index (κ2) is 8.54. The monoisotopic (exact) mass is 386 g/mol. The van der Waals surface area contributed by atoms with Gasteiger partial charge < -0.3 is 14.5 Å². The molecule has 1 aliphatic rings. The van der Waals surface area contributed by atoms with Gasteiger partial charge in [0.25, 0.3) is 0 Å². The molecule has 28 heavy (non-hydrogen) atoms. The minimum atomic E-state index is -0.447. The van der Waals surface area contributed by atoms with Crippen LogP contribution >= 0.6 is 0 Å². The van der Waals surface area contributed by atoms with Gasteiger partial charge in [-0.3, -0.25) is 4.79 Å². The maximum atomic E-state index is 13.8. The molecular weight excluding hydrogens is 359 g/mol. The van der Waals surface area contributed by atoms with Crippen molar-refractivity contribution in [1.82, 2.24) is 14.9 Å². The maximum absolute atomic E-state index is 13.8. The molecule has 0 bridgehead atoms. The van der Waals surface area contributed by atoms with Gasteiger partial charge in [-0.2, -0.15) is 0 Å². The van der Waals surface area contributed by atoms with Crippen molar-refractivity contribution in [1.29, 1.82) is 0 Å². The number of halogens is 1. The molecule has 0 saturated carbocycles. The molecule has 6 nitrogen and oxygen atoms in total. The zero-order valence-corrected chi connectivity index (χ0v) is 16.9. The lowest BCUT2D eigenvalue weighted by atomic mass is 10.1. The first kappa shape index (κ1) is 20.0. The van der Waals surface area contributed by atoms with Crippen LogP contribution in [0.15, 0.2) is 24.3 Å². The highest BCUT2D eigenvalue weighted by Crippen LogP contribution is 2.20. The van der Waals surface area contributed by atoms with E-state index in [0.29, 0.717) is 18.7 Å². The maximum Gasteiger partial charge on any atom is 0.227 e. The molecule has 7 heteroatoms. The van der Waals surface area contributed by atoms with E-state index in [2.05, 4.69) is 28.7 Å². The summed E-state index contributed by atoms with van der Waals surface area (Å²) in [6.07, 6.45) is 0.186. The Balaban J connectivity index is 1.60. The van der Waals surface area contributed by atoms with Gasteiger partial charge in [-0.05, 0) is 24.6 Å². The average molecular weight is 386 g/mol. The number of amides is 1. The molecule has 1 aliphatic heterocycles. The molecule has 150 valence electrons. The fourth-order valence-corrected chi connectivity index (χ4v) is 3.29. The Hall–Kier alpha value is -2.70. The number of hydrogen-bond acceptors (Lipinski definition) is 5. The van der Waals surface area contributed by atoms with Crippen LogP contribution in [0.4, 0.5) is 10.2 Å². The van der Waals surface area contributed by atoms with Gasteiger partial charge >= 0.3 is 0 Å². The van der Waals surface area contributed by atoms with Crippen LogP contribution in [0.5, 0.6) is 5.75 Å². The smallest absolute Gasteiger partial charge is 0.227 e. The molecule has 0 spiro atoms. The summed E-state index contributed by atoms with van der Waals surface area (Å²) < 4.78 is 18.8. The summed E-state index contributed by atoms with van der Waals surface area (Å²) in [5, 5.41) is 0. The SMILES string of the molecule is COc1ccc(CC(=O)N2CCN(c3cc(C)nc(C(C)C)n3)CC2)cc1F. The van der Waals surface area contributed by atoms with E-state index in [0.717, 1.165) is 30.4 Å². The zero-order valence-electron chi connectivity index (χ0n) is 16.9. The number of benzene rings is 1. The number of piperazine rings is 1. The number of ether oxygens (including phenoxy) is 1. The third kappa shape index (κ3) is 4.58. The van der Waals surface area contributed by atoms with E-state index in [-0.39, 0.29) is 24.0 Å². The Morgan fingerprint density at radius 2 is 1.89 bits per heavy atom. The summed E-state index contributed by atoms with van der Waals surface area (Å²) in [6, 6.07) is 6.64. The third-order valence-corrected chi connectivity index (χ3v) is 4.90. The molecule has 1 amide bonds. The molecule has 0 unspecified atom stereocenters. The van der Waals surface area contributed by atoms with Crippen LogP contribution in [0.1, 0.15) is 36.8 Å². The predicted molar refractivity (Wildman–Crippen MR) is 106 cm³/mol. The Bertz CT molecular complexity index is 848. The minimum Gasteiger partial charge on any atom is -0.494 e. The van der Waals surface area contributed by atoms with Crippen molar-refractivity contribution >= 4 is 11.7 Å². The van der Waals surface area contributed by atoms with E-state index in [9.17, 15) is 9.18 Å². The highest BCUT2D eigenvalue weighted by molar-refractivity contribution is 5.79. The van der Waals surface area contributed by atoms with Crippen LogP contribution in [0.2, 0.25) is 0 Å². The number of aromatic nitrogens is 2. The standard InChI is InChI=1S/C21H27FN4O2/c1-14(2)21-23-15(3)11-19(24-21)25-7-9-26(10-8-25)20(27)13-16-5-6-18(28-4)17(22)12-16/h5-6,11-12,14H,7-10,13H2,1-4H3. The van der Waals surface area contributed by atoms with E-state index in [1.54, 1.807) is 12.1 Å². The van der Waals surface area contributed by atoms with Crippen molar-refractivity contribution in [2.75, 3.05) is 38.2 Å². The zero-order chi connectivity index (χ0) is 20.3. The lowest BCUT2D eigenvalue weighted by molar-refractivity contribution is -0.130. The molecule has 1 saturated heterocycles. The molecule has 1 aromatic heterocycles. The lowest BCUT2D eigenvalue weighted by Gasteiger charge is -2.35. The first-order valence-corrected chi connectivity index (χ1v) is 9.58. The first-order valence-electron chi connectivity index (χ1n) is 9.58. The summed E-state index contributed by atoms with van der Waals surface area (Å²) >= 11 is 0. The average Bonchev–Trinajstić information content (AvgIpc) is 2.67. The Labute approximate surface area is 165 Å². The van der Waals surface area contributed by atoms with Crippen molar-refractivity contribution < 1.29 is 13.9 Å². The van der Waals surface area contributed by atoms with Gasteiger partial charge in [0.2, 0.25) is 5.91 Å². The third-order valence-electron chi connectivity index (χ3n) is 4.90. The van der Waals surface area contributed by atoms with Gasteiger partial charge in [-0.15, -0.1) is 0 Å². The topological polar surface area (TPSA) is 58.6 Å². The number of methoxy groups -OCH3 is 1. The van der Waals surface area contributed by atoms with E-state index in [1.807, 2.05) is 17.9 Å². The van der Waals surface area contributed by atoms with Crippen molar-refractivity contribution in [3.8, 4) is 5.75 Å². The van der Waals surface area contributed by atoms with Crippen LogP contribution in [0, 0.1) is 12.7 Å². The van der Waals surface area contributed by atoms with Gasteiger partial charge in [0, 0.05) is 43.9 Å². The Kier molecular flexibility index (Phi) is 6.11. The Morgan fingerprint density at radius 1 is 1.18 bits per heavy atom. The minimum absolute atomic E-state index is 0.00551. The molecule has 1 aromatic carbocycles. The van der Waals surface area contributed by atoms with Crippen LogP contribution in [0.25, 0.3) is 0 Å². The number of hydrogen-bond donors (Lipinski definition) is 0. The van der Waals surface area contributed by atoms with Crippen molar-refractivity contribution in [3.05, 3.63) is 47.2 Å². The van der Waals surface area contributed by atoms with Crippen molar-refractivity contribution in [3.63, 3.8) is 0 Å². The quantitative estimate of drug-likeness (QED) is 0.791. The number of anilines is 1. The second-order valence-electron chi connectivity index (χ2n) is 7.39. The van der Waals surface area contributed by atoms with Crippen LogP contribution in [-0.2, 0) is 11.2 Å². The van der Waals surface area contributed by atoms with Gasteiger partial charge in [-0.25, -0.2) is 14.4 Å². The lowest BCUT2D eigenvalue weighted by Crippen LogP contribution is -2.49. The molecule has 0 radical (unpaired) electrons. The molecular formula is C21H27FN4O2. The largest absolute Gasteiger partial charge is 0.494 e. The molecule has 1 fully saturated rings. The van der Waals surface area contributed by atoms with Crippen LogP contribution in [0.3, 0.4) is 0 Å². The van der Waals surface area contributed by atoms with Crippen molar-refractivity contribution in [2.45, 2.75) is 33.1 Å². The number of carbonyl (C=O) groups excluding carboxylic acids is 1. The second-order valence-corrected chi connectivity index (χ2v) is 7.39. The first-order chi connectivity index (χ1) is 13.4. The van der Waals surface area contributed by atoms with Gasteiger partial charge in [0.15, 0.2) is 11.6 Å². The van der Waals surface area contributed by atoms with Crippen LogP contribution < -0.4 is 9.64 Å². The fourth-order valence-electron chi connectivity index (χ4n) is 3.29. The highest BCUT2D eigenvalue weighted by atomic mass is 19.1. The van der Waals surface area contributed by atoms with Gasteiger partial charge in [0.1, 0.15) is 11.6 Å².